The fourth-order valence-corrected chi connectivity index (χ4v) is 2.48. The molecule has 0 spiro atoms. The first kappa shape index (κ1) is 18.0. The van der Waals surface area contributed by atoms with Crippen LogP contribution in [0.3, 0.4) is 0 Å². The van der Waals surface area contributed by atoms with Crippen LogP contribution in [0, 0.1) is 0 Å². The van der Waals surface area contributed by atoms with Gasteiger partial charge in [0, 0.05) is 4.47 Å². The Morgan fingerprint density at radius 1 is 1.19 bits per heavy atom. The summed E-state index contributed by atoms with van der Waals surface area (Å²) in [5.74, 6) is -0.361. The summed E-state index contributed by atoms with van der Waals surface area (Å²) in [5, 5.41) is 10.6. The SMILES string of the molecule is CCCCC(O)(CCCC)C(=O)NNc1ccccc1Br. The zero-order valence-electron chi connectivity index (χ0n) is 12.8. The minimum Gasteiger partial charge on any atom is -0.380 e. The molecule has 0 fully saturated rings. The lowest BCUT2D eigenvalue weighted by Gasteiger charge is -2.27. The van der Waals surface area contributed by atoms with Gasteiger partial charge in [0.25, 0.3) is 5.91 Å². The summed E-state index contributed by atoms with van der Waals surface area (Å²) < 4.78 is 0.857. The molecule has 0 aromatic heterocycles. The Labute approximate surface area is 135 Å². The molecule has 0 aliphatic carbocycles. The van der Waals surface area contributed by atoms with Crippen LogP contribution in [0.2, 0.25) is 0 Å². The van der Waals surface area contributed by atoms with Gasteiger partial charge in [0.15, 0.2) is 0 Å². The Morgan fingerprint density at radius 2 is 1.76 bits per heavy atom. The number of unbranched alkanes of at least 4 members (excludes halogenated alkanes) is 2. The van der Waals surface area contributed by atoms with E-state index in [2.05, 4.69) is 40.6 Å². The summed E-state index contributed by atoms with van der Waals surface area (Å²) in [6.07, 6.45) is 4.57. The van der Waals surface area contributed by atoms with E-state index in [1.165, 1.54) is 0 Å². The third-order valence-electron chi connectivity index (χ3n) is 3.50. The molecule has 1 rings (SSSR count). The van der Waals surface area contributed by atoms with Gasteiger partial charge >= 0.3 is 0 Å². The van der Waals surface area contributed by atoms with Crippen molar-refractivity contribution < 1.29 is 9.90 Å². The number of hydrogen-bond donors (Lipinski definition) is 3. The van der Waals surface area contributed by atoms with E-state index in [-0.39, 0.29) is 5.91 Å². The molecule has 3 N–H and O–H groups in total. The Balaban J connectivity index is 2.65. The second kappa shape index (κ2) is 9.05. The normalized spacial score (nSPS) is 11.2. The quantitative estimate of drug-likeness (QED) is 0.586. The highest BCUT2D eigenvalue weighted by Gasteiger charge is 2.34. The summed E-state index contributed by atoms with van der Waals surface area (Å²) in [5.41, 5.74) is 4.97. The lowest BCUT2D eigenvalue weighted by molar-refractivity contribution is -0.141. The number of para-hydroxylation sites is 1. The highest BCUT2D eigenvalue weighted by molar-refractivity contribution is 9.10. The predicted molar refractivity (Wildman–Crippen MR) is 89.9 cm³/mol. The zero-order valence-corrected chi connectivity index (χ0v) is 14.4. The van der Waals surface area contributed by atoms with Crippen LogP contribution in [0.25, 0.3) is 0 Å². The van der Waals surface area contributed by atoms with Crippen molar-refractivity contribution in [2.75, 3.05) is 5.43 Å². The van der Waals surface area contributed by atoms with Gasteiger partial charge in [-0.25, -0.2) is 0 Å². The monoisotopic (exact) mass is 356 g/mol. The average Bonchev–Trinajstić information content (AvgIpc) is 2.49. The van der Waals surface area contributed by atoms with E-state index < -0.39 is 5.60 Å². The van der Waals surface area contributed by atoms with Crippen LogP contribution >= 0.6 is 15.9 Å². The van der Waals surface area contributed by atoms with Crippen LogP contribution in [0.4, 0.5) is 5.69 Å². The molecule has 0 saturated carbocycles. The molecule has 0 bridgehead atoms. The van der Waals surface area contributed by atoms with Crippen LogP contribution in [0.15, 0.2) is 28.7 Å². The highest BCUT2D eigenvalue weighted by atomic mass is 79.9. The number of halogens is 1. The number of carbonyl (C=O) groups is 1. The minimum atomic E-state index is -1.29. The van der Waals surface area contributed by atoms with Gasteiger partial charge < -0.3 is 5.11 Å². The fourth-order valence-electron chi connectivity index (χ4n) is 2.09. The molecule has 118 valence electrons. The van der Waals surface area contributed by atoms with Crippen molar-refractivity contribution >= 4 is 27.5 Å². The van der Waals surface area contributed by atoms with E-state index in [1.807, 2.05) is 24.3 Å². The minimum absolute atomic E-state index is 0.361. The summed E-state index contributed by atoms with van der Waals surface area (Å²) in [6, 6.07) is 7.51. The molecule has 0 saturated heterocycles. The molecule has 0 atom stereocenters. The number of rotatable bonds is 9. The Kier molecular flexibility index (Phi) is 7.75. The average molecular weight is 357 g/mol. The number of anilines is 1. The van der Waals surface area contributed by atoms with E-state index in [0.29, 0.717) is 12.8 Å². The molecule has 0 radical (unpaired) electrons. The van der Waals surface area contributed by atoms with Crippen molar-refractivity contribution in [1.29, 1.82) is 0 Å². The lowest BCUT2D eigenvalue weighted by atomic mass is 9.90. The number of benzene rings is 1. The maximum absolute atomic E-state index is 12.3. The molecular weight excluding hydrogens is 332 g/mol. The van der Waals surface area contributed by atoms with Gasteiger partial charge in [-0.05, 0) is 40.9 Å². The summed E-state index contributed by atoms with van der Waals surface area (Å²) in [6.45, 7) is 4.11. The first-order valence-electron chi connectivity index (χ1n) is 7.57. The van der Waals surface area contributed by atoms with E-state index in [4.69, 9.17) is 0 Å². The third kappa shape index (κ3) is 5.67. The number of amides is 1. The van der Waals surface area contributed by atoms with Crippen molar-refractivity contribution in [2.24, 2.45) is 0 Å². The van der Waals surface area contributed by atoms with Crippen LogP contribution < -0.4 is 10.9 Å². The van der Waals surface area contributed by atoms with Crippen molar-refractivity contribution in [3.8, 4) is 0 Å². The number of hydrogen-bond acceptors (Lipinski definition) is 3. The number of hydrazine groups is 1. The number of nitrogens with one attached hydrogen (secondary N) is 2. The summed E-state index contributed by atoms with van der Waals surface area (Å²) in [7, 11) is 0. The molecule has 0 heterocycles. The van der Waals surface area contributed by atoms with Gasteiger partial charge in [0.2, 0.25) is 0 Å². The van der Waals surface area contributed by atoms with Gasteiger partial charge in [-0.15, -0.1) is 0 Å². The maximum Gasteiger partial charge on any atom is 0.270 e. The van der Waals surface area contributed by atoms with Gasteiger partial charge in [0.05, 0.1) is 5.69 Å². The number of aliphatic hydroxyl groups is 1. The van der Waals surface area contributed by atoms with Gasteiger partial charge in [-0.1, -0.05) is 51.7 Å². The lowest BCUT2D eigenvalue weighted by Crippen LogP contribution is -2.48. The van der Waals surface area contributed by atoms with Crippen molar-refractivity contribution in [1.82, 2.24) is 5.43 Å². The van der Waals surface area contributed by atoms with E-state index >= 15 is 0 Å². The molecule has 0 aliphatic heterocycles. The van der Waals surface area contributed by atoms with E-state index in [0.717, 1.165) is 35.8 Å². The molecule has 1 amide bonds. The number of carbonyl (C=O) groups excluding carboxylic acids is 1. The maximum atomic E-state index is 12.3. The molecule has 5 heteroatoms. The molecule has 4 nitrogen and oxygen atoms in total. The first-order chi connectivity index (χ1) is 10.0. The second-order valence-electron chi connectivity index (χ2n) is 5.30. The van der Waals surface area contributed by atoms with Crippen LogP contribution in [0.1, 0.15) is 52.4 Å². The van der Waals surface area contributed by atoms with E-state index in [9.17, 15) is 9.90 Å². The second-order valence-corrected chi connectivity index (χ2v) is 6.15. The standard InChI is InChI=1S/C16H25BrN2O2/c1-3-5-11-16(21,12-6-4-2)15(20)19-18-14-10-8-7-9-13(14)17/h7-10,18,21H,3-6,11-12H2,1-2H3,(H,19,20). The van der Waals surface area contributed by atoms with Crippen LogP contribution in [-0.2, 0) is 4.79 Å². The van der Waals surface area contributed by atoms with Crippen molar-refractivity contribution in [3.05, 3.63) is 28.7 Å². The van der Waals surface area contributed by atoms with Gasteiger partial charge in [-0.2, -0.15) is 0 Å². The molecule has 21 heavy (non-hydrogen) atoms. The Hall–Kier alpha value is -1.07. The predicted octanol–water partition coefficient (Wildman–Crippen LogP) is 4.00. The molecule has 1 aromatic carbocycles. The van der Waals surface area contributed by atoms with E-state index in [1.54, 1.807) is 0 Å². The highest BCUT2D eigenvalue weighted by Crippen LogP contribution is 2.23. The first-order valence-corrected chi connectivity index (χ1v) is 8.36. The third-order valence-corrected chi connectivity index (χ3v) is 4.19. The molecular formula is C16H25BrN2O2. The Morgan fingerprint density at radius 3 is 2.29 bits per heavy atom. The fraction of sp³-hybridized carbons (Fsp3) is 0.562. The summed E-state index contributed by atoms with van der Waals surface area (Å²) >= 11 is 3.40. The smallest absolute Gasteiger partial charge is 0.270 e. The van der Waals surface area contributed by atoms with Gasteiger partial charge in [0.1, 0.15) is 5.60 Å². The Bertz CT molecular complexity index is 444. The topological polar surface area (TPSA) is 61.4 Å². The summed E-state index contributed by atoms with van der Waals surface area (Å²) in [4.78, 5) is 12.3. The molecule has 0 unspecified atom stereocenters. The molecule has 0 aliphatic rings. The molecule has 1 aromatic rings. The van der Waals surface area contributed by atoms with Crippen LogP contribution in [-0.4, -0.2) is 16.6 Å². The largest absolute Gasteiger partial charge is 0.380 e. The van der Waals surface area contributed by atoms with Crippen molar-refractivity contribution in [3.63, 3.8) is 0 Å². The van der Waals surface area contributed by atoms with Gasteiger partial charge in [-0.3, -0.25) is 15.6 Å². The zero-order chi connectivity index (χ0) is 15.7. The van der Waals surface area contributed by atoms with Crippen molar-refractivity contribution in [2.45, 2.75) is 58.0 Å². The van der Waals surface area contributed by atoms with Crippen LogP contribution in [0.5, 0.6) is 0 Å².